The molecule has 7 nitrogen and oxygen atoms in total. The van der Waals surface area contributed by atoms with Crippen molar-refractivity contribution in [1.82, 2.24) is 24.8 Å². The molecule has 3 heterocycles. The quantitative estimate of drug-likeness (QED) is 0.453. The Morgan fingerprint density at radius 2 is 2.06 bits per heavy atom. The molecule has 0 bridgehead atoms. The van der Waals surface area contributed by atoms with Crippen LogP contribution >= 0.6 is 0 Å². The number of ether oxygens (including phenoxy) is 1. The fraction of sp³-hybridized carbons (Fsp3) is 0.400. The highest BCUT2D eigenvalue weighted by molar-refractivity contribution is 5.80. The van der Waals surface area contributed by atoms with Gasteiger partial charge in [-0.25, -0.2) is 15.0 Å². The summed E-state index contributed by atoms with van der Waals surface area (Å²) in [6, 6.07) is 14.5. The van der Waals surface area contributed by atoms with E-state index < -0.39 is 0 Å². The Kier molecular flexibility index (Phi) is 7.38. The van der Waals surface area contributed by atoms with Crippen molar-refractivity contribution in [3.63, 3.8) is 0 Å². The third-order valence-corrected chi connectivity index (χ3v) is 5.93. The topological polar surface area (TPSA) is 67.6 Å². The van der Waals surface area contributed by atoms with Gasteiger partial charge < -0.3 is 19.5 Å². The van der Waals surface area contributed by atoms with Crippen LogP contribution in [0.1, 0.15) is 37.4 Å². The number of hydrogen-bond acceptors (Lipinski definition) is 4. The highest BCUT2D eigenvalue weighted by atomic mass is 16.5. The second-order valence-electron chi connectivity index (χ2n) is 8.20. The van der Waals surface area contributed by atoms with E-state index in [9.17, 15) is 0 Å². The van der Waals surface area contributed by atoms with E-state index in [0.717, 1.165) is 43.1 Å². The largest absolute Gasteiger partial charge is 0.473 e. The van der Waals surface area contributed by atoms with Gasteiger partial charge in [0.1, 0.15) is 6.61 Å². The summed E-state index contributed by atoms with van der Waals surface area (Å²) < 4.78 is 8.24. The summed E-state index contributed by atoms with van der Waals surface area (Å²) in [4.78, 5) is 16.0. The van der Waals surface area contributed by atoms with E-state index in [4.69, 9.17) is 9.73 Å². The number of benzene rings is 1. The molecule has 3 aromatic rings. The van der Waals surface area contributed by atoms with Gasteiger partial charge in [0, 0.05) is 43.8 Å². The minimum Gasteiger partial charge on any atom is -0.473 e. The molecule has 32 heavy (non-hydrogen) atoms. The molecule has 0 spiro atoms. The van der Waals surface area contributed by atoms with Gasteiger partial charge in [0.05, 0.1) is 18.9 Å². The third-order valence-electron chi connectivity index (χ3n) is 5.93. The van der Waals surface area contributed by atoms with Gasteiger partial charge >= 0.3 is 0 Å². The molecule has 1 N–H and O–H groups in total. The number of nitrogens with zero attached hydrogens (tertiary/aromatic N) is 5. The summed E-state index contributed by atoms with van der Waals surface area (Å²) in [6.45, 7) is 8.15. The molecule has 2 aromatic heterocycles. The Balaban J connectivity index is 1.46. The standard InChI is InChI=1S/C25H32N6O/c1-3-27-25(30-14-11-20(2)23(17-30)31-15-13-26-19-31)29-16-22-10-7-12-28-24(22)32-18-21-8-5-4-6-9-21/h4-10,12-13,15,19-20,23H,3,11,14,16-18H2,1-2H3,(H,27,29). The number of piperidine rings is 1. The van der Waals surface area contributed by atoms with E-state index in [-0.39, 0.29) is 0 Å². The van der Waals surface area contributed by atoms with Crippen molar-refractivity contribution < 1.29 is 4.74 Å². The predicted molar refractivity (Wildman–Crippen MR) is 126 cm³/mol. The lowest BCUT2D eigenvalue weighted by atomic mass is 9.93. The minimum absolute atomic E-state index is 0.387. The summed E-state index contributed by atoms with van der Waals surface area (Å²) >= 11 is 0. The molecule has 4 rings (SSSR count). The Morgan fingerprint density at radius 3 is 2.84 bits per heavy atom. The molecule has 2 atom stereocenters. The number of guanidine groups is 1. The molecule has 2 unspecified atom stereocenters. The van der Waals surface area contributed by atoms with Crippen LogP contribution in [0.3, 0.4) is 0 Å². The molecule has 7 heteroatoms. The second kappa shape index (κ2) is 10.8. The van der Waals surface area contributed by atoms with Crippen molar-refractivity contribution in [2.45, 2.75) is 39.5 Å². The van der Waals surface area contributed by atoms with Gasteiger partial charge in [-0.05, 0) is 30.9 Å². The molecule has 168 valence electrons. The normalized spacial score (nSPS) is 19.1. The maximum atomic E-state index is 6.02. The number of pyridine rings is 1. The molecule has 1 aromatic carbocycles. The number of hydrogen-bond donors (Lipinski definition) is 1. The summed E-state index contributed by atoms with van der Waals surface area (Å²) in [6.07, 6.45) is 8.71. The molecule has 0 saturated carbocycles. The van der Waals surface area contributed by atoms with Crippen LogP contribution in [-0.4, -0.2) is 45.0 Å². The predicted octanol–water partition coefficient (Wildman–Crippen LogP) is 3.91. The Morgan fingerprint density at radius 1 is 1.19 bits per heavy atom. The molecule has 1 fully saturated rings. The number of nitrogens with one attached hydrogen (secondary N) is 1. The second-order valence-corrected chi connectivity index (χ2v) is 8.20. The molecule has 1 aliphatic heterocycles. The Hall–Kier alpha value is -3.35. The zero-order chi connectivity index (χ0) is 22.2. The van der Waals surface area contributed by atoms with Crippen molar-refractivity contribution in [2.24, 2.45) is 10.9 Å². The monoisotopic (exact) mass is 432 g/mol. The van der Waals surface area contributed by atoms with Crippen LogP contribution in [0.4, 0.5) is 0 Å². The van der Waals surface area contributed by atoms with Gasteiger partial charge in [-0.3, -0.25) is 0 Å². The number of aromatic nitrogens is 3. The van der Waals surface area contributed by atoms with E-state index in [0.29, 0.717) is 31.0 Å². The average molecular weight is 433 g/mol. The van der Waals surface area contributed by atoms with Crippen LogP contribution in [0.2, 0.25) is 0 Å². The minimum atomic E-state index is 0.387. The fourth-order valence-corrected chi connectivity index (χ4v) is 4.08. The maximum absolute atomic E-state index is 6.02. The molecular weight excluding hydrogens is 400 g/mol. The molecular formula is C25H32N6O. The number of rotatable bonds is 7. The van der Waals surface area contributed by atoms with E-state index >= 15 is 0 Å². The van der Waals surface area contributed by atoms with Gasteiger partial charge in [0.15, 0.2) is 5.96 Å². The van der Waals surface area contributed by atoms with Crippen LogP contribution < -0.4 is 10.1 Å². The van der Waals surface area contributed by atoms with Crippen LogP contribution in [0.15, 0.2) is 72.4 Å². The zero-order valence-electron chi connectivity index (χ0n) is 18.9. The highest BCUT2D eigenvalue weighted by Crippen LogP contribution is 2.27. The molecule has 0 radical (unpaired) electrons. The third kappa shape index (κ3) is 5.46. The first-order valence-corrected chi connectivity index (χ1v) is 11.4. The summed E-state index contributed by atoms with van der Waals surface area (Å²) in [5, 5.41) is 3.47. The SMILES string of the molecule is CCNC(=NCc1cccnc1OCc1ccccc1)N1CCC(C)C(n2ccnc2)C1. The van der Waals surface area contributed by atoms with Crippen molar-refractivity contribution in [2.75, 3.05) is 19.6 Å². The zero-order valence-corrected chi connectivity index (χ0v) is 18.9. The lowest BCUT2D eigenvalue weighted by Crippen LogP contribution is -2.49. The summed E-state index contributed by atoms with van der Waals surface area (Å²) in [5.74, 6) is 2.17. The maximum Gasteiger partial charge on any atom is 0.218 e. The van der Waals surface area contributed by atoms with Crippen molar-refractivity contribution >= 4 is 5.96 Å². The smallest absolute Gasteiger partial charge is 0.218 e. The Bertz CT molecular complexity index is 989. The Labute approximate surface area is 190 Å². The first-order valence-electron chi connectivity index (χ1n) is 11.4. The number of likely N-dealkylation sites (tertiary alicyclic amines) is 1. The summed E-state index contributed by atoms with van der Waals surface area (Å²) in [7, 11) is 0. The van der Waals surface area contributed by atoms with Gasteiger partial charge in [-0.1, -0.05) is 43.3 Å². The van der Waals surface area contributed by atoms with Crippen LogP contribution in [-0.2, 0) is 13.2 Å². The lowest BCUT2D eigenvalue weighted by Gasteiger charge is -2.39. The molecule has 1 aliphatic rings. The van der Waals surface area contributed by atoms with Crippen LogP contribution in [0.5, 0.6) is 5.88 Å². The summed E-state index contributed by atoms with van der Waals surface area (Å²) in [5.41, 5.74) is 2.10. The van der Waals surface area contributed by atoms with Crippen molar-refractivity contribution in [3.05, 3.63) is 78.5 Å². The lowest BCUT2D eigenvalue weighted by molar-refractivity contribution is 0.189. The van der Waals surface area contributed by atoms with Crippen LogP contribution in [0.25, 0.3) is 0 Å². The van der Waals surface area contributed by atoms with E-state index in [2.05, 4.69) is 56.9 Å². The first kappa shape index (κ1) is 21.9. The van der Waals surface area contributed by atoms with Gasteiger partial charge in [0.25, 0.3) is 0 Å². The molecule has 0 amide bonds. The number of imidazole rings is 1. The van der Waals surface area contributed by atoms with Crippen LogP contribution in [0, 0.1) is 5.92 Å². The highest BCUT2D eigenvalue weighted by Gasteiger charge is 2.28. The van der Waals surface area contributed by atoms with Crippen molar-refractivity contribution in [1.29, 1.82) is 0 Å². The van der Waals surface area contributed by atoms with Gasteiger partial charge in [-0.15, -0.1) is 0 Å². The molecule has 0 aliphatic carbocycles. The average Bonchev–Trinajstić information content (AvgIpc) is 3.37. The van der Waals surface area contributed by atoms with Crippen molar-refractivity contribution in [3.8, 4) is 5.88 Å². The number of aliphatic imine (C=N–C) groups is 1. The van der Waals surface area contributed by atoms with E-state index in [1.165, 1.54) is 0 Å². The van der Waals surface area contributed by atoms with E-state index in [1.54, 1.807) is 6.20 Å². The van der Waals surface area contributed by atoms with Gasteiger partial charge in [-0.2, -0.15) is 0 Å². The first-order chi connectivity index (χ1) is 15.7. The molecule has 1 saturated heterocycles. The van der Waals surface area contributed by atoms with E-state index in [1.807, 2.05) is 42.9 Å². The fourth-order valence-electron chi connectivity index (χ4n) is 4.08. The van der Waals surface area contributed by atoms with Gasteiger partial charge in [0.2, 0.25) is 5.88 Å².